The van der Waals surface area contributed by atoms with Crippen LogP contribution in [0.2, 0.25) is 0 Å². The van der Waals surface area contributed by atoms with E-state index in [2.05, 4.69) is 25.2 Å². The lowest BCUT2D eigenvalue weighted by Gasteiger charge is -2.19. The van der Waals surface area contributed by atoms with Crippen LogP contribution >= 0.6 is 0 Å². The Morgan fingerprint density at radius 1 is 1.34 bits per heavy atom. The second-order valence-corrected chi connectivity index (χ2v) is 8.61. The van der Waals surface area contributed by atoms with E-state index in [-0.39, 0.29) is 17.3 Å². The van der Waals surface area contributed by atoms with Crippen molar-refractivity contribution in [2.75, 3.05) is 23.3 Å². The normalized spacial score (nSPS) is 19.0. The minimum absolute atomic E-state index is 0.222. The molecule has 1 unspecified atom stereocenters. The van der Waals surface area contributed by atoms with Crippen molar-refractivity contribution in [2.45, 2.75) is 52.0 Å². The van der Waals surface area contributed by atoms with Crippen LogP contribution in [0.25, 0.3) is 16.7 Å². The number of aryl methyl sites for hydroxylation is 1. The number of carbonyl (C=O) groups is 1. The molecule has 4 heterocycles. The highest BCUT2D eigenvalue weighted by Gasteiger charge is 2.33. The maximum absolute atomic E-state index is 14.1. The number of halogens is 2. The van der Waals surface area contributed by atoms with E-state index in [1.54, 1.807) is 18.3 Å². The molecule has 3 aromatic heterocycles. The highest BCUT2D eigenvalue weighted by atomic mass is 19.3. The Kier molecular flexibility index (Phi) is 5.32. The van der Waals surface area contributed by atoms with Crippen molar-refractivity contribution in [1.29, 1.82) is 0 Å². The molecule has 1 aliphatic heterocycles. The summed E-state index contributed by atoms with van der Waals surface area (Å²) in [4.78, 5) is 26.0. The van der Waals surface area contributed by atoms with Gasteiger partial charge in [0.05, 0.1) is 10.9 Å². The smallest absolute Gasteiger partial charge is 0.303 e. The number of nitrogens with one attached hydrogen (secondary N) is 1. The fourth-order valence-corrected chi connectivity index (χ4v) is 3.79. The second-order valence-electron chi connectivity index (χ2n) is 8.61. The number of rotatable bonds is 5. The SMILES string of the molecule is CCc1cc(-n2nc(N3CCC(C)(N)C3)c3cnc(NC(C)=O)cc32)nc(C(C)(F)F)n1. The average Bonchev–Trinajstić information content (AvgIpc) is 3.26. The number of nitrogens with two attached hydrogens (primary N) is 1. The number of fused-ring (bicyclic) bond motifs is 1. The van der Waals surface area contributed by atoms with Gasteiger partial charge >= 0.3 is 5.92 Å². The molecule has 0 spiro atoms. The molecule has 0 aliphatic carbocycles. The Labute approximate surface area is 184 Å². The molecular weight excluding hydrogens is 418 g/mol. The maximum Gasteiger partial charge on any atom is 0.303 e. The summed E-state index contributed by atoms with van der Waals surface area (Å²) in [6.45, 7) is 7.26. The van der Waals surface area contributed by atoms with E-state index in [9.17, 15) is 13.6 Å². The first kappa shape index (κ1) is 22.0. The molecular formula is C21H26F2N8O. The molecule has 1 fully saturated rings. The highest BCUT2D eigenvalue weighted by Crippen LogP contribution is 2.33. The summed E-state index contributed by atoms with van der Waals surface area (Å²) >= 11 is 0. The molecule has 0 radical (unpaired) electrons. The third kappa shape index (κ3) is 4.24. The molecule has 32 heavy (non-hydrogen) atoms. The lowest BCUT2D eigenvalue weighted by molar-refractivity contribution is -0.114. The van der Waals surface area contributed by atoms with Crippen molar-refractivity contribution < 1.29 is 13.6 Å². The first-order chi connectivity index (χ1) is 15.0. The summed E-state index contributed by atoms with van der Waals surface area (Å²) < 4.78 is 29.7. The molecule has 11 heteroatoms. The van der Waals surface area contributed by atoms with Crippen LogP contribution in [0, 0.1) is 0 Å². The molecule has 1 aliphatic rings. The van der Waals surface area contributed by atoms with E-state index in [0.29, 0.717) is 47.7 Å². The number of hydrogen-bond acceptors (Lipinski definition) is 7. The van der Waals surface area contributed by atoms with Gasteiger partial charge in [-0.2, -0.15) is 8.78 Å². The van der Waals surface area contributed by atoms with Gasteiger partial charge in [0.15, 0.2) is 11.6 Å². The van der Waals surface area contributed by atoms with Gasteiger partial charge in [-0.3, -0.25) is 4.79 Å². The molecule has 1 saturated heterocycles. The topological polar surface area (TPSA) is 115 Å². The van der Waals surface area contributed by atoms with Crippen molar-refractivity contribution >= 4 is 28.4 Å². The van der Waals surface area contributed by atoms with Crippen LogP contribution < -0.4 is 16.0 Å². The van der Waals surface area contributed by atoms with Crippen molar-refractivity contribution in [3.8, 4) is 5.82 Å². The predicted molar refractivity (Wildman–Crippen MR) is 117 cm³/mol. The molecule has 0 bridgehead atoms. The van der Waals surface area contributed by atoms with Crippen LogP contribution in [-0.2, 0) is 17.1 Å². The van der Waals surface area contributed by atoms with Gasteiger partial charge in [0, 0.05) is 56.5 Å². The predicted octanol–water partition coefficient (Wildman–Crippen LogP) is 2.77. The van der Waals surface area contributed by atoms with Gasteiger partial charge in [-0.15, -0.1) is 5.10 Å². The zero-order valence-corrected chi connectivity index (χ0v) is 18.5. The molecule has 9 nitrogen and oxygen atoms in total. The van der Waals surface area contributed by atoms with Gasteiger partial charge in [-0.25, -0.2) is 19.6 Å². The number of nitrogens with zero attached hydrogens (tertiary/aromatic N) is 6. The molecule has 1 amide bonds. The van der Waals surface area contributed by atoms with Crippen molar-refractivity contribution in [3.63, 3.8) is 0 Å². The van der Waals surface area contributed by atoms with Crippen LogP contribution in [0.15, 0.2) is 18.3 Å². The zero-order chi connectivity index (χ0) is 23.3. The third-order valence-corrected chi connectivity index (χ3v) is 5.39. The van der Waals surface area contributed by atoms with Crippen LogP contribution in [-0.4, -0.2) is 49.3 Å². The monoisotopic (exact) mass is 444 g/mol. The fourth-order valence-electron chi connectivity index (χ4n) is 3.79. The van der Waals surface area contributed by atoms with Crippen LogP contribution in [0.5, 0.6) is 0 Å². The van der Waals surface area contributed by atoms with E-state index in [0.717, 1.165) is 13.3 Å². The molecule has 170 valence electrons. The van der Waals surface area contributed by atoms with E-state index in [1.807, 2.05) is 13.8 Å². The van der Waals surface area contributed by atoms with Gasteiger partial charge in [-0.05, 0) is 19.8 Å². The molecule has 3 aromatic rings. The average molecular weight is 444 g/mol. The molecule has 4 rings (SSSR count). The summed E-state index contributed by atoms with van der Waals surface area (Å²) in [5, 5.41) is 8.08. The first-order valence-corrected chi connectivity index (χ1v) is 10.4. The van der Waals surface area contributed by atoms with Crippen molar-refractivity contribution in [1.82, 2.24) is 24.7 Å². The number of anilines is 2. The summed E-state index contributed by atoms with van der Waals surface area (Å²) in [5.41, 5.74) is 7.00. The zero-order valence-electron chi connectivity index (χ0n) is 18.5. The Morgan fingerprint density at radius 2 is 2.09 bits per heavy atom. The summed E-state index contributed by atoms with van der Waals surface area (Å²) in [6.07, 6.45) is 2.86. The van der Waals surface area contributed by atoms with Crippen LogP contribution in [0.4, 0.5) is 20.4 Å². The van der Waals surface area contributed by atoms with Gasteiger partial charge in [-0.1, -0.05) is 6.92 Å². The molecule has 0 aromatic carbocycles. The minimum atomic E-state index is -3.20. The Morgan fingerprint density at radius 3 is 2.69 bits per heavy atom. The number of alkyl halides is 2. The first-order valence-electron chi connectivity index (χ1n) is 10.4. The molecule has 1 atom stereocenters. The van der Waals surface area contributed by atoms with Crippen molar-refractivity contribution in [3.05, 3.63) is 29.8 Å². The second kappa shape index (κ2) is 7.73. The number of amides is 1. The van der Waals surface area contributed by atoms with Gasteiger partial charge in [0.1, 0.15) is 5.82 Å². The number of pyridine rings is 1. The lowest BCUT2D eigenvalue weighted by Crippen LogP contribution is -2.39. The van der Waals surface area contributed by atoms with Gasteiger partial charge in [0.2, 0.25) is 11.7 Å². The Balaban J connectivity index is 1.93. The van der Waals surface area contributed by atoms with E-state index in [1.165, 1.54) is 11.6 Å². The van der Waals surface area contributed by atoms with Crippen LogP contribution in [0.1, 0.15) is 45.6 Å². The lowest BCUT2D eigenvalue weighted by atomic mass is 10.0. The summed E-state index contributed by atoms with van der Waals surface area (Å²) in [7, 11) is 0. The maximum atomic E-state index is 14.1. The standard InChI is InChI=1S/C21H26F2N8O/c1-5-13-8-17(28-19(27-13)21(4,22)23)31-15-9-16(26-12(2)32)25-10-14(15)18(29-31)30-7-6-20(3,24)11-30/h8-10H,5-7,11,24H2,1-4H3,(H,25,26,32). The number of aromatic nitrogens is 5. The largest absolute Gasteiger partial charge is 0.353 e. The molecule has 3 N–H and O–H groups in total. The minimum Gasteiger partial charge on any atom is -0.353 e. The fraction of sp³-hybridized carbons (Fsp3) is 0.476. The van der Waals surface area contributed by atoms with Gasteiger partial charge < -0.3 is 16.0 Å². The molecule has 0 saturated carbocycles. The Hall–Kier alpha value is -3.21. The van der Waals surface area contributed by atoms with Crippen molar-refractivity contribution in [2.24, 2.45) is 5.73 Å². The van der Waals surface area contributed by atoms with E-state index in [4.69, 9.17) is 10.8 Å². The van der Waals surface area contributed by atoms with Gasteiger partial charge in [0.25, 0.3) is 0 Å². The highest BCUT2D eigenvalue weighted by molar-refractivity contribution is 5.95. The quantitative estimate of drug-likeness (QED) is 0.622. The Bertz CT molecular complexity index is 1180. The van der Waals surface area contributed by atoms with E-state index < -0.39 is 11.7 Å². The number of carbonyl (C=O) groups excluding carboxylic acids is 1. The summed E-state index contributed by atoms with van der Waals surface area (Å²) in [6, 6.07) is 3.30. The van der Waals surface area contributed by atoms with E-state index >= 15 is 0 Å². The number of hydrogen-bond donors (Lipinski definition) is 2. The third-order valence-electron chi connectivity index (χ3n) is 5.39. The van der Waals surface area contributed by atoms with Crippen LogP contribution in [0.3, 0.4) is 0 Å². The summed E-state index contributed by atoms with van der Waals surface area (Å²) in [5.74, 6) is -2.86.